The number of nitrogens with zero attached hydrogens (tertiary/aromatic N) is 15. The van der Waals surface area contributed by atoms with E-state index in [1.807, 2.05) is 70.2 Å². The second-order valence-electron chi connectivity index (χ2n) is 26.2. The molecule has 0 unspecified atom stereocenters. The van der Waals surface area contributed by atoms with Crippen LogP contribution >= 0.6 is 46.4 Å². The van der Waals surface area contributed by atoms with E-state index in [4.69, 9.17) is 76.5 Å². The number of ketones is 5. The summed E-state index contributed by atoms with van der Waals surface area (Å²) in [6, 6.07) is 42.4. The van der Waals surface area contributed by atoms with Crippen LogP contribution in [0.25, 0.3) is 0 Å². The molecule has 0 N–H and O–H groups in total. The van der Waals surface area contributed by atoms with Gasteiger partial charge in [-0.15, -0.1) is 6.42 Å². The molecule has 31 heteroatoms. The smallest absolute Gasteiger partial charge is 0.169 e. The summed E-state index contributed by atoms with van der Waals surface area (Å²) >= 11 is 24.4. The Kier molecular flexibility index (Phi) is 31.8. The SMILES string of the molecule is C#Cc1ccc(CC(=O)c2cc(F)cc(Oc3cncnc3)c2)nc1.Cc1ccc(CC(=O)c2cc(Cl)cc(Oc3cncnc3)c2)nc1C.Cc1cccc(CC(=O)c2cc(Cl)cc(Oc3cncnc3)c2)n1.Cc1ccnc(CC(=O)c2cc(Cl)cc(Oc3cncnc3)c2)c1.O=C(Cc1ncccc1F)c1cc(Cl)cc(Oc2cncnc2)c1. The summed E-state index contributed by atoms with van der Waals surface area (Å²) in [6.45, 7) is 7.77. The number of ether oxygens (including phenoxy) is 5. The first-order chi connectivity index (χ1) is 59.0. The van der Waals surface area contributed by atoms with Crippen LogP contribution in [0.5, 0.6) is 57.5 Å². The average Bonchev–Trinajstić information content (AvgIpc) is 0.855. The van der Waals surface area contributed by atoms with Gasteiger partial charge in [-0.05, 0) is 178 Å². The van der Waals surface area contributed by atoms with Crippen LogP contribution in [0, 0.1) is 51.7 Å². The van der Waals surface area contributed by atoms with Gasteiger partial charge in [-0.2, -0.15) is 0 Å². The van der Waals surface area contributed by atoms with Gasteiger partial charge in [-0.1, -0.05) is 64.5 Å². The summed E-state index contributed by atoms with van der Waals surface area (Å²) in [5.41, 5.74) is 9.29. The minimum Gasteiger partial charge on any atom is -0.454 e. The molecule has 10 aromatic heterocycles. The number of hydrogen-bond donors (Lipinski definition) is 0. The molecule has 0 aliphatic heterocycles. The first-order valence-electron chi connectivity index (χ1n) is 36.6. The van der Waals surface area contributed by atoms with Crippen LogP contribution < -0.4 is 23.7 Å². The van der Waals surface area contributed by atoms with Gasteiger partial charge in [0.05, 0.1) is 99.8 Å². The van der Waals surface area contributed by atoms with Gasteiger partial charge in [0.1, 0.15) is 72.0 Å². The summed E-state index contributed by atoms with van der Waals surface area (Å²) in [7, 11) is 0. The van der Waals surface area contributed by atoms with Crippen LogP contribution in [0.3, 0.4) is 0 Å². The number of aryl methyl sites for hydroxylation is 4. The fraction of sp³-hybridized carbons (Fsp3) is 0.0989. The van der Waals surface area contributed by atoms with Crippen molar-refractivity contribution in [2.45, 2.75) is 59.8 Å². The number of carbonyl (C=O) groups excluding carboxylic acids is 5. The number of terminal acetylenes is 1. The fourth-order valence-electron chi connectivity index (χ4n) is 10.9. The van der Waals surface area contributed by atoms with Gasteiger partial charge in [0.15, 0.2) is 57.7 Å². The van der Waals surface area contributed by atoms with E-state index in [2.05, 4.69) is 80.7 Å². The quantitative estimate of drug-likeness (QED) is 0.0379. The molecule has 0 atom stereocenters. The highest BCUT2D eigenvalue weighted by Gasteiger charge is 2.19. The maximum atomic E-state index is 13.8. The topological polar surface area (TPSA) is 325 Å². The third kappa shape index (κ3) is 28.2. The third-order valence-corrected chi connectivity index (χ3v) is 17.5. The van der Waals surface area contributed by atoms with Gasteiger partial charge in [-0.25, -0.2) is 58.6 Å². The summed E-state index contributed by atoms with van der Waals surface area (Å²) in [6.07, 6.45) is 32.4. The van der Waals surface area contributed by atoms with Gasteiger partial charge >= 0.3 is 0 Å². The lowest BCUT2D eigenvalue weighted by Gasteiger charge is -2.08. The fourth-order valence-corrected chi connectivity index (χ4v) is 11.8. The summed E-state index contributed by atoms with van der Waals surface area (Å²) in [5.74, 6) is 4.61. The van der Waals surface area contributed by atoms with E-state index in [0.29, 0.717) is 105 Å². The molecule has 25 nitrogen and oxygen atoms in total. The van der Waals surface area contributed by atoms with E-state index >= 15 is 0 Å². The predicted molar refractivity (Wildman–Crippen MR) is 451 cm³/mol. The molecule has 15 rings (SSSR count). The van der Waals surface area contributed by atoms with E-state index in [1.165, 1.54) is 142 Å². The van der Waals surface area contributed by atoms with Crippen molar-refractivity contribution in [1.29, 1.82) is 0 Å². The van der Waals surface area contributed by atoms with Crippen LogP contribution in [0.15, 0.2) is 270 Å². The van der Waals surface area contributed by atoms with Gasteiger partial charge in [-0.3, -0.25) is 48.9 Å². The standard InChI is InChI=1S/C19H16ClN3O2.C19H12FN3O2.2C18H14ClN3O2.C17H11ClFN3O2/c1-12-3-4-16(23-13(12)2)8-19(24)14-5-15(20)7-17(6-14)25-18-9-21-11-22-10-18;1-2-13-3-4-16(23-9-13)8-19(24)14-5-15(20)7-17(6-14)25-18-10-21-12-22-11-18;1-12-2-3-22-15(4-12)8-18(23)13-5-14(19)7-16(6-13)24-17-9-20-11-21-10-17;1-12-3-2-4-15(22-12)8-18(23)13-5-14(19)7-16(6-13)24-17-9-20-11-21-10-17;18-12-4-11(17(23)7-16-15(19)2-1-3-22-16)5-13(6-12)24-14-8-20-10-21-9-14/h3-7,9-11H,8H2,1-2H3;1,3-7,9-12H,8H2;2*2-7,9-11H,8H2,1H3;1-6,8-10H,7H2. The Morgan fingerprint density at radius 3 is 1.10 bits per heavy atom. The molecular formula is C91H67Cl4F2N15O10. The average molecular weight is 1710 g/mol. The van der Waals surface area contributed by atoms with Crippen LogP contribution in [0.4, 0.5) is 8.78 Å². The Balaban J connectivity index is 0.000000149. The summed E-state index contributed by atoms with van der Waals surface area (Å²) in [5, 5.41) is 1.59. The van der Waals surface area contributed by atoms with E-state index in [9.17, 15) is 32.8 Å². The predicted octanol–water partition coefficient (Wildman–Crippen LogP) is 19.6. The van der Waals surface area contributed by atoms with Gasteiger partial charge in [0.2, 0.25) is 0 Å². The van der Waals surface area contributed by atoms with Crippen LogP contribution in [-0.2, 0) is 32.1 Å². The van der Waals surface area contributed by atoms with Crippen molar-refractivity contribution in [3.63, 3.8) is 0 Å². The Morgan fingerprint density at radius 1 is 0.344 bits per heavy atom. The number of benzene rings is 5. The zero-order valence-electron chi connectivity index (χ0n) is 65.1. The van der Waals surface area contributed by atoms with Gasteiger partial charge in [0.25, 0.3) is 0 Å². The molecule has 0 bridgehead atoms. The molecule has 608 valence electrons. The second-order valence-corrected chi connectivity index (χ2v) is 27.9. The second kappa shape index (κ2) is 44.1. The zero-order valence-corrected chi connectivity index (χ0v) is 68.1. The zero-order chi connectivity index (χ0) is 86.3. The maximum Gasteiger partial charge on any atom is 0.169 e. The normalized spacial score (nSPS) is 10.4. The van der Waals surface area contributed by atoms with Crippen molar-refractivity contribution < 1.29 is 56.4 Å². The van der Waals surface area contributed by atoms with Crippen LogP contribution in [-0.4, -0.2) is 104 Å². The van der Waals surface area contributed by atoms with E-state index in [0.717, 1.165) is 45.7 Å². The molecular weight excluding hydrogens is 1640 g/mol. The molecule has 0 radical (unpaired) electrons. The number of halogens is 6. The van der Waals surface area contributed by atoms with Crippen molar-refractivity contribution in [1.82, 2.24) is 74.8 Å². The number of aromatic nitrogens is 15. The van der Waals surface area contributed by atoms with E-state index in [-0.39, 0.29) is 78.0 Å². The highest BCUT2D eigenvalue weighted by Crippen LogP contribution is 2.32. The highest BCUT2D eigenvalue weighted by molar-refractivity contribution is 6.32. The van der Waals surface area contributed by atoms with Crippen molar-refractivity contribution in [3.8, 4) is 69.8 Å². The van der Waals surface area contributed by atoms with Crippen molar-refractivity contribution in [2.75, 3.05) is 0 Å². The molecule has 0 aliphatic carbocycles. The van der Waals surface area contributed by atoms with Crippen molar-refractivity contribution >= 4 is 75.3 Å². The Morgan fingerprint density at radius 2 is 0.721 bits per heavy atom. The minimum atomic E-state index is -0.576. The van der Waals surface area contributed by atoms with E-state index in [1.54, 1.807) is 79.0 Å². The van der Waals surface area contributed by atoms with Crippen LogP contribution in [0.1, 0.15) is 108 Å². The Labute approximate surface area is 717 Å². The van der Waals surface area contributed by atoms with Crippen molar-refractivity contribution in [3.05, 3.63) is 386 Å². The molecule has 5 aromatic carbocycles. The van der Waals surface area contributed by atoms with Crippen molar-refractivity contribution in [2.24, 2.45) is 0 Å². The maximum absolute atomic E-state index is 13.8. The lowest BCUT2D eigenvalue weighted by atomic mass is 10.1. The first-order valence-corrected chi connectivity index (χ1v) is 38.1. The molecule has 0 saturated carbocycles. The molecule has 0 saturated heterocycles. The molecule has 0 amide bonds. The lowest BCUT2D eigenvalue weighted by molar-refractivity contribution is 0.0982. The van der Waals surface area contributed by atoms with Crippen LogP contribution in [0.2, 0.25) is 20.1 Å². The molecule has 0 aliphatic rings. The number of pyridine rings is 5. The lowest BCUT2D eigenvalue weighted by Crippen LogP contribution is -2.07. The largest absolute Gasteiger partial charge is 0.454 e. The minimum absolute atomic E-state index is 0.0300. The number of hydrogen-bond acceptors (Lipinski definition) is 25. The molecule has 0 spiro atoms. The molecule has 122 heavy (non-hydrogen) atoms. The number of Topliss-reactive ketones (excluding diaryl/α,β-unsaturated/α-hetero) is 5. The van der Waals surface area contributed by atoms with E-state index < -0.39 is 11.6 Å². The van der Waals surface area contributed by atoms with Gasteiger partial charge in [0, 0.05) is 112 Å². The monoisotopic (exact) mass is 1710 g/mol. The summed E-state index contributed by atoms with van der Waals surface area (Å²) in [4.78, 5) is 122. The number of carbonyl (C=O) groups is 5. The third-order valence-electron chi connectivity index (χ3n) is 16.7. The highest BCUT2D eigenvalue weighted by atomic mass is 35.5. The van der Waals surface area contributed by atoms with Gasteiger partial charge < -0.3 is 23.7 Å². The molecule has 0 fully saturated rings. The molecule has 10 heterocycles. The number of rotatable bonds is 25. The molecule has 15 aromatic rings. The Bertz CT molecular complexity index is 6060. The summed E-state index contributed by atoms with van der Waals surface area (Å²) < 4.78 is 55.4. The first kappa shape index (κ1) is 88.0. The Hall–Kier alpha value is -14.8.